The monoisotopic (exact) mass is 492 g/mol. The number of benzene rings is 1. The third-order valence-corrected chi connectivity index (χ3v) is 4.50. The number of anilines is 1. The van der Waals surface area contributed by atoms with Crippen LogP contribution in [-0.4, -0.2) is 49.2 Å². The second-order valence-electron chi connectivity index (χ2n) is 5.48. The molecule has 0 amide bonds. The van der Waals surface area contributed by atoms with Gasteiger partial charge in [-0.05, 0) is 50.9 Å². The summed E-state index contributed by atoms with van der Waals surface area (Å²) in [5.74, 6) is -0.159. The second-order valence-corrected chi connectivity index (χ2v) is 7.63. The summed E-state index contributed by atoms with van der Waals surface area (Å²) in [4.78, 5) is 7.95. The highest BCUT2D eigenvalue weighted by Gasteiger charge is 2.17. The first-order chi connectivity index (χ1) is 13.7. The highest BCUT2D eigenvalue weighted by atomic mass is 79.9. The number of hydroxylamine groups is 1. The minimum atomic E-state index is -3.89. The molecule has 0 fully saturated rings. The first-order valence-corrected chi connectivity index (χ1v) is 10.3. The van der Waals surface area contributed by atoms with Crippen LogP contribution in [0, 0.1) is 5.82 Å². The first-order valence-electron chi connectivity index (χ1n) is 8.00. The van der Waals surface area contributed by atoms with Gasteiger partial charge >= 0.3 is 0 Å². The number of aliphatic imine (C=N–C) groups is 2. The summed E-state index contributed by atoms with van der Waals surface area (Å²) in [6.07, 6.45) is 0.759. The average Bonchev–Trinajstić information content (AvgIpc) is 3.12. The zero-order valence-electron chi connectivity index (χ0n) is 15.1. The minimum absolute atomic E-state index is 0.0833. The molecule has 1 aromatic carbocycles. The topological polar surface area (TPSA) is 180 Å². The normalized spacial score (nSPS) is 12.7. The molecule has 1 aromatic heterocycles. The van der Waals surface area contributed by atoms with Gasteiger partial charge in [0.2, 0.25) is 5.82 Å². The van der Waals surface area contributed by atoms with E-state index in [1.807, 2.05) is 5.48 Å². The molecule has 0 atom stereocenters. The number of aromatic nitrogens is 2. The summed E-state index contributed by atoms with van der Waals surface area (Å²) >= 11 is 3.05. The van der Waals surface area contributed by atoms with Crippen molar-refractivity contribution in [3.05, 3.63) is 34.2 Å². The maximum Gasteiger partial charge on any atom is 0.297 e. The van der Waals surface area contributed by atoms with Crippen LogP contribution in [0.25, 0.3) is 0 Å². The minimum Gasteiger partial charge on any atom is -0.365 e. The maximum absolute atomic E-state index is 13.3. The summed E-state index contributed by atoms with van der Waals surface area (Å²) in [6.45, 7) is 0.341. The largest absolute Gasteiger partial charge is 0.365 e. The van der Waals surface area contributed by atoms with Crippen LogP contribution >= 0.6 is 15.9 Å². The van der Waals surface area contributed by atoms with Crippen molar-refractivity contribution in [2.45, 2.75) is 12.8 Å². The van der Waals surface area contributed by atoms with Gasteiger partial charge in [-0.2, -0.15) is 8.42 Å². The third kappa shape index (κ3) is 7.04. The van der Waals surface area contributed by atoms with E-state index in [1.165, 1.54) is 25.2 Å². The van der Waals surface area contributed by atoms with Crippen LogP contribution in [0.4, 0.5) is 15.9 Å². The molecule has 158 valence electrons. The molecule has 0 radical (unpaired) electrons. The zero-order chi connectivity index (χ0) is 21.4. The quantitative estimate of drug-likeness (QED) is 0.157. The smallest absolute Gasteiger partial charge is 0.297 e. The number of nitrogens with zero attached hydrogens (tertiary/aromatic N) is 4. The van der Waals surface area contributed by atoms with Crippen LogP contribution < -0.4 is 20.7 Å². The van der Waals surface area contributed by atoms with Crippen LogP contribution in [0.1, 0.15) is 18.5 Å². The molecule has 2 rings (SSSR count). The molecule has 15 heteroatoms. The maximum atomic E-state index is 13.3. The highest BCUT2D eigenvalue weighted by molar-refractivity contribution is 9.10. The molecule has 1 heterocycles. The van der Waals surface area contributed by atoms with Gasteiger partial charge in [0.15, 0.2) is 11.5 Å². The Morgan fingerprint density at radius 2 is 2.17 bits per heavy atom. The predicted octanol–water partition coefficient (Wildman–Crippen LogP) is 1.04. The van der Waals surface area contributed by atoms with E-state index >= 15 is 0 Å². The van der Waals surface area contributed by atoms with Crippen molar-refractivity contribution in [1.82, 2.24) is 20.5 Å². The van der Waals surface area contributed by atoms with Crippen LogP contribution in [0.15, 0.2) is 37.3 Å². The fourth-order valence-electron chi connectivity index (χ4n) is 2.11. The lowest BCUT2D eigenvalue weighted by Gasteiger charge is -2.08. The van der Waals surface area contributed by atoms with E-state index in [-0.39, 0.29) is 27.7 Å². The molecule has 0 saturated carbocycles. The van der Waals surface area contributed by atoms with Crippen LogP contribution in [0.2, 0.25) is 0 Å². The van der Waals surface area contributed by atoms with Crippen LogP contribution in [0.5, 0.6) is 0 Å². The fourth-order valence-corrected chi connectivity index (χ4v) is 3.00. The van der Waals surface area contributed by atoms with E-state index in [9.17, 15) is 18.0 Å². The molecular weight excluding hydrogens is 475 g/mol. The third-order valence-electron chi connectivity index (χ3n) is 3.38. The van der Waals surface area contributed by atoms with Crippen LogP contribution in [0.3, 0.4) is 0 Å². The molecule has 6 N–H and O–H groups in total. The van der Waals surface area contributed by atoms with Crippen molar-refractivity contribution >= 4 is 49.3 Å². The van der Waals surface area contributed by atoms with E-state index in [2.05, 4.69) is 50.9 Å². The van der Waals surface area contributed by atoms with Gasteiger partial charge in [0, 0.05) is 20.0 Å². The Morgan fingerprint density at radius 1 is 1.41 bits per heavy atom. The highest BCUT2D eigenvalue weighted by Crippen LogP contribution is 2.23. The summed E-state index contributed by atoms with van der Waals surface area (Å²) in [5, 5.41) is 24.6. The number of nitrogens with two attached hydrogens (primary N) is 1. The molecular formula is C14H18BrFN8O4S. The van der Waals surface area contributed by atoms with Crippen LogP contribution in [-0.2, 0) is 10.2 Å². The molecule has 0 unspecified atom stereocenters. The SMILES string of the molecule is CN=C(CCCNc1nonc1C(=Nc1ccc(F)c(Br)c1)NO)NS(N)(=O)=O. The van der Waals surface area contributed by atoms with Crippen molar-refractivity contribution < 1.29 is 22.6 Å². The first kappa shape index (κ1) is 22.7. The number of hydrogen-bond donors (Lipinski definition) is 5. The summed E-state index contributed by atoms with van der Waals surface area (Å²) in [6, 6.07) is 4.03. The molecule has 0 aliphatic rings. The Bertz CT molecular complexity index is 1010. The molecule has 0 spiro atoms. The van der Waals surface area contributed by atoms with E-state index in [4.69, 9.17) is 5.14 Å². The molecule has 0 saturated heterocycles. The number of halogens is 2. The number of hydrogen-bond acceptors (Lipinski definition) is 9. The lowest BCUT2D eigenvalue weighted by atomic mass is 10.3. The molecule has 0 aliphatic heterocycles. The lowest BCUT2D eigenvalue weighted by molar-refractivity contribution is 0.234. The fraction of sp³-hybridized carbons (Fsp3) is 0.286. The van der Waals surface area contributed by atoms with Crippen molar-refractivity contribution in [2.24, 2.45) is 15.1 Å². The average molecular weight is 493 g/mol. The van der Waals surface area contributed by atoms with Crippen molar-refractivity contribution in [1.29, 1.82) is 0 Å². The summed E-state index contributed by atoms with van der Waals surface area (Å²) in [5.41, 5.74) is 2.32. The summed E-state index contributed by atoms with van der Waals surface area (Å²) in [7, 11) is -2.46. The van der Waals surface area contributed by atoms with Crippen molar-refractivity contribution in [2.75, 3.05) is 18.9 Å². The Hall–Kier alpha value is -2.62. The Balaban J connectivity index is 2.03. The van der Waals surface area contributed by atoms with Gasteiger partial charge < -0.3 is 5.32 Å². The Morgan fingerprint density at radius 3 is 2.79 bits per heavy atom. The van der Waals surface area contributed by atoms with Crippen molar-refractivity contribution in [3.8, 4) is 0 Å². The molecule has 0 aliphatic carbocycles. The van der Waals surface area contributed by atoms with Gasteiger partial charge in [0.05, 0.1) is 10.2 Å². The number of nitrogens with one attached hydrogen (secondary N) is 3. The summed E-state index contributed by atoms with van der Waals surface area (Å²) < 4.78 is 42.4. The van der Waals surface area contributed by atoms with E-state index in [0.717, 1.165) is 0 Å². The molecule has 0 bridgehead atoms. The zero-order valence-corrected chi connectivity index (χ0v) is 17.5. The van der Waals surface area contributed by atoms with Gasteiger partial charge in [0.1, 0.15) is 11.7 Å². The predicted molar refractivity (Wildman–Crippen MR) is 107 cm³/mol. The van der Waals surface area contributed by atoms with Gasteiger partial charge in [-0.25, -0.2) is 19.2 Å². The molecule has 12 nitrogen and oxygen atoms in total. The molecule has 29 heavy (non-hydrogen) atoms. The van der Waals surface area contributed by atoms with Gasteiger partial charge in [-0.1, -0.05) is 0 Å². The standard InChI is InChI=1S/C14H18BrFN8O4S/c1-18-11(24-29(17,26)27)3-2-6-19-13-12(22-28-23-13)14(21-25)20-8-4-5-10(16)9(15)7-8/h4-5,7,25H,2-3,6H2,1H3,(H,18,24)(H,19,23)(H,20,21)(H2,17,26,27). The second kappa shape index (κ2) is 10.2. The lowest BCUT2D eigenvalue weighted by Crippen LogP contribution is -2.36. The van der Waals surface area contributed by atoms with Crippen molar-refractivity contribution in [3.63, 3.8) is 0 Å². The number of rotatable bonds is 8. The Kier molecular flexibility index (Phi) is 8.00. The van der Waals surface area contributed by atoms with Gasteiger partial charge in [-0.3, -0.25) is 20.4 Å². The van der Waals surface area contributed by atoms with Gasteiger partial charge in [0.25, 0.3) is 10.2 Å². The van der Waals surface area contributed by atoms with Gasteiger partial charge in [-0.15, -0.1) is 0 Å². The van der Waals surface area contributed by atoms with E-state index < -0.39 is 16.0 Å². The Labute approximate surface area is 173 Å². The van der Waals surface area contributed by atoms with E-state index in [0.29, 0.717) is 25.1 Å². The molecule has 2 aromatic rings. The number of amidine groups is 2. The van der Waals surface area contributed by atoms with E-state index in [1.54, 1.807) is 0 Å².